The largest absolute Gasteiger partial charge is 0.456 e. The van der Waals surface area contributed by atoms with Crippen molar-refractivity contribution >= 4 is 44.3 Å². The molecule has 0 aliphatic heterocycles. The van der Waals surface area contributed by atoms with E-state index in [-0.39, 0.29) is 5.43 Å². The van der Waals surface area contributed by atoms with Crippen LogP contribution in [0.15, 0.2) is 63.8 Å². The summed E-state index contributed by atoms with van der Waals surface area (Å²) in [5.74, 6) is 0. The minimum atomic E-state index is -0.0412. The summed E-state index contributed by atoms with van der Waals surface area (Å²) in [6.45, 7) is 8.00. The van der Waals surface area contributed by atoms with Crippen LogP contribution in [0.1, 0.15) is 27.7 Å². The zero-order valence-electron chi connectivity index (χ0n) is 14.4. The molecule has 0 N–H and O–H groups in total. The van der Waals surface area contributed by atoms with Crippen LogP contribution in [0, 0.1) is 0 Å². The summed E-state index contributed by atoms with van der Waals surface area (Å²) in [4.78, 5) is 12.7. The van der Waals surface area contributed by atoms with Gasteiger partial charge in [0.15, 0.2) is 0 Å². The Hall–Kier alpha value is -2.32. The number of halogens is 1. The second kappa shape index (κ2) is 7.98. The Bertz CT molecular complexity index is 1030. The van der Waals surface area contributed by atoms with Gasteiger partial charge < -0.3 is 4.42 Å². The first-order valence-corrected chi connectivity index (χ1v) is 8.66. The SMILES string of the molecule is CC.CC.O=c1c2ccccc2oc2ccc3cccc(Cl)c3c12. The first-order valence-electron chi connectivity index (χ1n) is 8.28. The monoisotopic (exact) mass is 340 g/mol. The van der Waals surface area contributed by atoms with Crippen LogP contribution in [-0.2, 0) is 0 Å². The Labute approximate surface area is 146 Å². The van der Waals surface area contributed by atoms with E-state index in [0.29, 0.717) is 27.0 Å². The summed E-state index contributed by atoms with van der Waals surface area (Å²) in [5, 5.41) is 3.38. The van der Waals surface area contributed by atoms with Crippen LogP contribution < -0.4 is 5.43 Å². The Kier molecular flexibility index (Phi) is 5.99. The zero-order valence-corrected chi connectivity index (χ0v) is 15.1. The molecule has 0 aliphatic carbocycles. The molecule has 0 bridgehead atoms. The number of hydrogen-bond donors (Lipinski definition) is 0. The number of rotatable bonds is 0. The molecule has 0 amide bonds. The van der Waals surface area contributed by atoms with Crippen molar-refractivity contribution in [3.05, 3.63) is 69.8 Å². The van der Waals surface area contributed by atoms with Crippen LogP contribution >= 0.6 is 11.6 Å². The molecular formula is C21H21ClO2. The number of fused-ring (bicyclic) bond motifs is 4. The lowest BCUT2D eigenvalue weighted by molar-refractivity contribution is 0.660. The van der Waals surface area contributed by atoms with Crippen LogP contribution in [0.4, 0.5) is 0 Å². The molecule has 3 aromatic carbocycles. The van der Waals surface area contributed by atoms with Gasteiger partial charge in [0.05, 0.1) is 10.8 Å². The van der Waals surface area contributed by atoms with Crippen molar-refractivity contribution in [2.45, 2.75) is 27.7 Å². The molecule has 4 rings (SSSR count). The highest BCUT2D eigenvalue weighted by Gasteiger charge is 2.12. The van der Waals surface area contributed by atoms with Crippen molar-refractivity contribution in [1.29, 1.82) is 0 Å². The quantitative estimate of drug-likeness (QED) is 0.260. The second-order valence-corrected chi connectivity index (χ2v) is 5.11. The lowest BCUT2D eigenvalue weighted by Crippen LogP contribution is -2.02. The van der Waals surface area contributed by atoms with Gasteiger partial charge in [0, 0.05) is 10.4 Å². The van der Waals surface area contributed by atoms with E-state index >= 15 is 0 Å². The minimum Gasteiger partial charge on any atom is -0.456 e. The average Bonchev–Trinajstić information content (AvgIpc) is 2.65. The van der Waals surface area contributed by atoms with Gasteiger partial charge in [-0.25, -0.2) is 0 Å². The lowest BCUT2D eigenvalue weighted by Gasteiger charge is -2.06. The minimum absolute atomic E-state index is 0.0412. The number of para-hydroxylation sites is 1. The maximum Gasteiger partial charge on any atom is 0.201 e. The summed E-state index contributed by atoms with van der Waals surface area (Å²) in [6, 6.07) is 16.6. The first-order chi connectivity index (χ1) is 11.8. The van der Waals surface area contributed by atoms with Gasteiger partial charge in [-0.05, 0) is 29.7 Å². The molecule has 0 aliphatic rings. The Morgan fingerprint density at radius 1 is 0.750 bits per heavy atom. The van der Waals surface area contributed by atoms with Gasteiger partial charge >= 0.3 is 0 Å². The maximum absolute atomic E-state index is 12.7. The van der Waals surface area contributed by atoms with Crippen molar-refractivity contribution in [3.63, 3.8) is 0 Å². The van der Waals surface area contributed by atoms with Gasteiger partial charge in [-0.2, -0.15) is 0 Å². The molecule has 124 valence electrons. The fourth-order valence-corrected chi connectivity index (χ4v) is 2.90. The third-order valence-electron chi connectivity index (χ3n) is 3.54. The summed E-state index contributed by atoms with van der Waals surface area (Å²) >= 11 is 6.28. The molecule has 1 heterocycles. The molecule has 0 atom stereocenters. The Morgan fingerprint density at radius 2 is 1.46 bits per heavy atom. The van der Waals surface area contributed by atoms with E-state index in [4.69, 9.17) is 16.0 Å². The van der Waals surface area contributed by atoms with E-state index in [1.54, 1.807) is 18.2 Å². The molecule has 0 saturated carbocycles. The van der Waals surface area contributed by atoms with Crippen molar-refractivity contribution in [1.82, 2.24) is 0 Å². The highest BCUT2D eigenvalue weighted by Crippen LogP contribution is 2.30. The van der Waals surface area contributed by atoms with Gasteiger partial charge in [-0.15, -0.1) is 0 Å². The predicted molar refractivity (Wildman–Crippen MR) is 105 cm³/mol. The third kappa shape index (κ3) is 3.02. The molecule has 3 heteroatoms. The van der Waals surface area contributed by atoms with Gasteiger partial charge in [0.25, 0.3) is 0 Å². The standard InChI is InChI=1S/C17H9ClO2.2C2H6/c18-12-6-3-4-10-8-9-14-16(15(10)12)17(19)11-5-1-2-7-13(11)20-14;2*1-2/h1-9H;2*1-2H3. The van der Waals surface area contributed by atoms with Crippen LogP contribution in [0.25, 0.3) is 32.7 Å². The van der Waals surface area contributed by atoms with E-state index in [1.165, 1.54) is 0 Å². The number of hydrogen-bond acceptors (Lipinski definition) is 2. The van der Waals surface area contributed by atoms with Gasteiger partial charge in [-0.3, -0.25) is 4.79 Å². The summed E-state index contributed by atoms with van der Waals surface area (Å²) < 4.78 is 5.83. The van der Waals surface area contributed by atoms with E-state index in [9.17, 15) is 4.79 Å². The van der Waals surface area contributed by atoms with E-state index in [1.807, 2.05) is 64.1 Å². The predicted octanol–water partition coefficient (Wildman–Crippen LogP) is 6.81. The fraction of sp³-hybridized carbons (Fsp3) is 0.190. The van der Waals surface area contributed by atoms with Gasteiger partial charge in [-0.1, -0.05) is 69.6 Å². The van der Waals surface area contributed by atoms with E-state index in [0.717, 1.165) is 10.8 Å². The summed E-state index contributed by atoms with van der Waals surface area (Å²) in [5.41, 5.74) is 1.12. The molecular weight excluding hydrogens is 320 g/mol. The highest BCUT2D eigenvalue weighted by atomic mass is 35.5. The topological polar surface area (TPSA) is 30.2 Å². The lowest BCUT2D eigenvalue weighted by atomic mass is 10.0. The maximum atomic E-state index is 12.7. The Morgan fingerprint density at radius 3 is 2.21 bits per heavy atom. The van der Waals surface area contributed by atoms with Crippen molar-refractivity contribution in [3.8, 4) is 0 Å². The van der Waals surface area contributed by atoms with Crippen molar-refractivity contribution < 1.29 is 4.42 Å². The zero-order chi connectivity index (χ0) is 17.7. The number of benzene rings is 3. The molecule has 4 aromatic rings. The smallest absolute Gasteiger partial charge is 0.201 e. The Balaban J connectivity index is 0.000000487. The van der Waals surface area contributed by atoms with Crippen molar-refractivity contribution in [2.24, 2.45) is 0 Å². The average molecular weight is 341 g/mol. The van der Waals surface area contributed by atoms with Crippen LogP contribution in [-0.4, -0.2) is 0 Å². The highest BCUT2D eigenvalue weighted by molar-refractivity contribution is 6.37. The van der Waals surface area contributed by atoms with Gasteiger partial charge in [0.2, 0.25) is 5.43 Å². The summed E-state index contributed by atoms with van der Waals surface area (Å²) in [7, 11) is 0. The molecule has 1 aromatic heterocycles. The molecule has 0 spiro atoms. The normalized spacial score (nSPS) is 10.0. The molecule has 0 fully saturated rings. The fourth-order valence-electron chi connectivity index (χ4n) is 2.62. The van der Waals surface area contributed by atoms with E-state index < -0.39 is 0 Å². The first kappa shape index (κ1) is 18.0. The van der Waals surface area contributed by atoms with Crippen LogP contribution in [0.3, 0.4) is 0 Å². The second-order valence-electron chi connectivity index (χ2n) is 4.70. The molecule has 0 saturated heterocycles. The third-order valence-corrected chi connectivity index (χ3v) is 3.85. The van der Waals surface area contributed by atoms with Gasteiger partial charge in [0.1, 0.15) is 11.2 Å². The van der Waals surface area contributed by atoms with Crippen LogP contribution in [0.2, 0.25) is 5.02 Å². The molecule has 0 unspecified atom stereocenters. The molecule has 0 radical (unpaired) electrons. The van der Waals surface area contributed by atoms with E-state index in [2.05, 4.69) is 0 Å². The molecule has 24 heavy (non-hydrogen) atoms. The van der Waals surface area contributed by atoms with Crippen molar-refractivity contribution in [2.75, 3.05) is 0 Å². The summed E-state index contributed by atoms with van der Waals surface area (Å²) in [6.07, 6.45) is 0. The van der Waals surface area contributed by atoms with Crippen LogP contribution in [0.5, 0.6) is 0 Å². The molecule has 2 nitrogen and oxygen atoms in total.